The molecule has 0 aliphatic rings. The zero-order valence-electron chi connectivity index (χ0n) is 22.4. The molecule has 0 aromatic heterocycles. The number of hydrogen-bond acceptors (Lipinski definition) is 6. The maximum Gasteiger partial charge on any atom is 0.408 e. The van der Waals surface area contributed by atoms with Crippen molar-refractivity contribution < 1.29 is 28.7 Å². The lowest BCUT2D eigenvalue weighted by Gasteiger charge is -2.22. The van der Waals surface area contributed by atoms with Crippen molar-refractivity contribution in [3.05, 3.63) is 71.8 Å². The highest BCUT2D eigenvalue weighted by atomic mass is 16.6. The molecule has 0 unspecified atom stereocenters. The first-order valence-corrected chi connectivity index (χ1v) is 12.6. The Labute approximate surface area is 223 Å². The second-order valence-corrected chi connectivity index (χ2v) is 9.81. The molecular formula is C28H38N4O6. The van der Waals surface area contributed by atoms with Crippen molar-refractivity contribution in [2.75, 3.05) is 13.1 Å². The van der Waals surface area contributed by atoms with Gasteiger partial charge in [-0.05, 0) is 45.2 Å². The van der Waals surface area contributed by atoms with Crippen LogP contribution in [0, 0.1) is 0 Å². The van der Waals surface area contributed by atoms with E-state index in [9.17, 15) is 19.2 Å². The smallest absolute Gasteiger partial charge is 0.408 e. The van der Waals surface area contributed by atoms with Gasteiger partial charge in [-0.15, -0.1) is 0 Å². The van der Waals surface area contributed by atoms with Crippen molar-refractivity contribution in [3.63, 3.8) is 0 Å². The molecular weight excluding hydrogens is 488 g/mol. The van der Waals surface area contributed by atoms with Crippen molar-refractivity contribution >= 4 is 24.0 Å². The van der Waals surface area contributed by atoms with Crippen molar-refractivity contribution in [2.24, 2.45) is 0 Å². The van der Waals surface area contributed by atoms with Crippen LogP contribution in [0.15, 0.2) is 60.7 Å². The Morgan fingerprint density at radius 1 is 0.816 bits per heavy atom. The first-order valence-electron chi connectivity index (χ1n) is 12.6. The van der Waals surface area contributed by atoms with Crippen LogP contribution in [0.3, 0.4) is 0 Å². The van der Waals surface area contributed by atoms with E-state index in [1.54, 1.807) is 27.7 Å². The van der Waals surface area contributed by atoms with Crippen LogP contribution in [0.5, 0.6) is 0 Å². The molecule has 0 bridgehead atoms. The predicted octanol–water partition coefficient (Wildman–Crippen LogP) is 3.06. The van der Waals surface area contributed by atoms with E-state index in [-0.39, 0.29) is 32.0 Å². The molecule has 2 atom stereocenters. The fourth-order valence-electron chi connectivity index (χ4n) is 3.35. The maximum atomic E-state index is 12.6. The molecule has 4 amide bonds. The van der Waals surface area contributed by atoms with Crippen LogP contribution < -0.4 is 21.3 Å². The summed E-state index contributed by atoms with van der Waals surface area (Å²) in [5.41, 5.74) is 1.19. The molecule has 0 aliphatic carbocycles. The summed E-state index contributed by atoms with van der Waals surface area (Å²) in [6, 6.07) is 17.5. The van der Waals surface area contributed by atoms with E-state index >= 15 is 0 Å². The van der Waals surface area contributed by atoms with Gasteiger partial charge in [-0.3, -0.25) is 9.59 Å². The van der Waals surface area contributed by atoms with Crippen molar-refractivity contribution in [1.29, 1.82) is 0 Å². The van der Waals surface area contributed by atoms with Gasteiger partial charge in [0, 0.05) is 19.5 Å². The second-order valence-electron chi connectivity index (χ2n) is 9.81. The van der Waals surface area contributed by atoms with Crippen molar-refractivity contribution in [1.82, 2.24) is 21.3 Å². The Kier molecular flexibility index (Phi) is 12.1. The number of hydrogen-bond donors (Lipinski definition) is 4. The summed E-state index contributed by atoms with van der Waals surface area (Å²) in [5.74, 6) is -0.701. The zero-order valence-corrected chi connectivity index (χ0v) is 22.4. The summed E-state index contributed by atoms with van der Waals surface area (Å²) in [6.45, 7) is 7.16. The van der Waals surface area contributed by atoms with E-state index in [0.29, 0.717) is 6.42 Å². The minimum absolute atomic E-state index is 0.0453. The summed E-state index contributed by atoms with van der Waals surface area (Å²) in [6.07, 6.45) is -0.776. The minimum atomic E-state index is -0.843. The first-order chi connectivity index (χ1) is 18.0. The van der Waals surface area contributed by atoms with Crippen molar-refractivity contribution in [2.45, 2.75) is 64.8 Å². The molecule has 0 fully saturated rings. The maximum absolute atomic E-state index is 12.6. The van der Waals surface area contributed by atoms with Gasteiger partial charge in [0.25, 0.3) is 0 Å². The molecule has 2 aromatic rings. The van der Waals surface area contributed by atoms with Gasteiger partial charge in [0.05, 0.1) is 6.04 Å². The summed E-state index contributed by atoms with van der Waals surface area (Å²) >= 11 is 0. The van der Waals surface area contributed by atoms with E-state index in [4.69, 9.17) is 9.47 Å². The van der Waals surface area contributed by atoms with Crippen LogP contribution in [-0.2, 0) is 32.1 Å². The third kappa shape index (κ3) is 12.8. The molecule has 2 aromatic carbocycles. The van der Waals surface area contributed by atoms with E-state index in [2.05, 4.69) is 21.3 Å². The fourth-order valence-corrected chi connectivity index (χ4v) is 3.35. The Balaban J connectivity index is 1.83. The number of ether oxygens (including phenoxy) is 2. The average molecular weight is 527 g/mol. The molecule has 4 N–H and O–H groups in total. The third-order valence-electron chi connectivity index (χ3n) is 5.17. The zero-order chi connectivity index (χ0) is 28.0. The molecule has 38 heavy (non-hydrogen) atoms. The molecule has 0 aliphatic heterocycles. The van der Waals surface area contributed by atoms with Crippen LogP contribution in [-0.4, -0.2) is 54.8 Å². The van der Waals surface area contributed by atoms with Crippen LogP contribution in [0.25, 0.3) is 0 Å². The van der Waals surface area contributed by atoms with E-state index in [0.717, 1.165) is 11.1 Å². The lowest BCUT2D eigenvalue weighted by Crippen LogP contribution is -2.50. The Bertz CT molecular complexity index is 1040. The van der Waals surface area contributed by atoms with Gasteiger partial charge in [-0.25, -0.2) is 9.59 Å². The number of carbonyl (C=O) groups is 4. The SMILES string of the molecule is C[C@@H](NC(=O)OCc1ccccc1)C(=O)NC[C@H](Cc1ccccc1)NC(=O)CCNC(=O)OC(C)(C)C. The number of nitrogens with one attached hydrogen (secondary N) is 4. The largest absolute Gasteiger partial charge is 0.445 e. The molecule has 0 heterocycles. The molecule has 206 valence electrons. The molecule has 10 nitrogen and oxygen atoms in total. The molecule has 0 radical (unpaired) electrons. The summed E-state index contributed by atoms with van der Waals surface area (Å²) in [7, 11) is 0. The standard InChI is InChI=1S/C28H38N4O6/c1-20(31-27(36)37-19-22-13-9-6-10-14-22)25(34)30-18-23(17-21-11-7-5-8-12-21)32-24(33)15-16-29-26(35)38-28(2,3)4/h5-14,20,23H,15-19H2,1-4H3,(H,29,35)(H,30,34)(H,31,36)(H,32,33)/t20-,23+/m1/s1. The van der Waals surface area contributed by atoms with Gasteiger partial charge in [0.1, 0.15) is 18.2 Å². The van der Waals surface area contributed by atoms with Gasteiger partial charge >= 0.3 is 12.2 Å². The molecule has 0 saturated carbocycles. The molecule has 10 heteroatoms. The lowest BCUT2D eigenvalue weighted by molar-refractivity contribution is -0.124. The topological polar surface area (TPSA) is 135 Å². The van der Waals surface area contributed by atoms with Gasteiger partial charge in [-0.2, -0.15) is 0 Å². The predicted molar refractivity (Wildman–Crippen MR) is 143 cm³/mol. The van der Waals surface area contributed by atoms with Gasteiger partial charge < -0.3 is 30.7 Å². The average Bonchev–Trinajstić information content (AvgIpc) is 2.86. The minimum Gasteiger partial charge on any atom is -0.445 e. The van der Waals surface area contributed by atoms with E-state index in [1.165, 1.54) is 0 Å². The highest BCUT2D eigenvalue weighted by Crippen LogP contribution is 2.07. The monoisotopic (exact) mass is 526 g/mol. The van der Waals surface area contributed by atoms with Gasteiger partial charge in [0.15, 0.2) is 0 Å². The number of amides is 4. The highest BCUT2D eigenvalue weighted by Gasteiger charge is 2.20. The van der Waals surface area contributed by atoms with E-state index in [1.807, 2.05) is 60.7 Å². The number of carbonyl (C=O) groups excluding carboxylic acids is 4. The summed E-state index contributed by atoms with van der Waals surface area (Å²) in [5, 5.41) is 10.7. The number of alkyl carbamates (subject to hydrolysis) is 2. The Hall–Kier alpha value is -4.08. The fraction of sp³-hybridized carbons (Fsp3) is 0.429. The number of rotatable bonds is 12. The van der Waals surface area contributed by atoms with Crippen LogP contribution in [0.2, 0.25) is 0 Å². The van der Waals surface area contributed by atoms with Gasteiger partial charge in [-0.1, -0.05) is 60.7 Å². The highest BCUT2D eigenvalue weighted by molar-refractivity contribution is 5.85. The Morgan fingerprint density at radius 2 is 1.42 bits per heavy atom. The van der Waals surface area contributed by atoms with Crippen LogP contribution in [0.1, 0.15) is 45.2 Å². The number of benzene rings is 2. The Morgan fingerprint density at radius 3 is 2.03 bits per heavy atom. The van der Waals surface area contributed by atoms with E-state index < -0.39 is 35.8 Å². The quantitative estimate of drug-likeness (QED) is 0.336. The van der Waals surface area contributed by atoms with Gasteiger partial charge in [0.2, 0.25) is 11.8 Å². The first kappa shape index (κ1) is 30.1. The van der Waals surface area contributed by atoms with Crippen molar-refractivity contribution in [3.8, 4) is 0 Å². The molecule has 2 rings (SSSR count). The third-order valence-corrected chi connectivity index (χ3v) is 5.17. The van der Waals surface area contributed by atoms with Crippen LogP contribution in [0.4, 0.5) is 9.59 Å². The lowest BCUT2D eigenvalue weighted by atomic mass is 10.1. The van der Waals surface area contributed by atoms with Crippen LogP contribution >= 0.6 is 0 Å². The summed E-state index contributed by atoms with van der Waals surface area (Å²) in [4.78, 5) is 49.0. The molecule has 0 saturated heterocycles. The summed E-state index contributed by atoms with van der Waals surface area (Å²) < 4.78 is 10.3. The second kappa shape index (κ2) is 15.2. The normalized spacial score (nSPS) is 12.4. The molecule has 0 spiro atoms.